The number of hydrogen-bond acceptors (Lipinski definition) is 3. The van der Waals surface area contributed by atoms with Gasteiger partial charge in [-0.2, -0.15) is 10.2 Å². The molecule has 1 unspecified atom stereocenters. The summed E-state index contributed by atoms with van der Waals surface area (Å²) in [5.74, 6) is -0.213. The molecule has 0 bridgehead atoms. The third kappa shape index (κ3) is 3.45. The van der Waals surface area contributed by atoms with Crippen molar-refractivity contribution in [3.63, 3.8) is 0 Å². The molecule has 1 heterocycles. The van der Waals surface area contributed by atoms with E-state index in [4.69, 9.17) is 0 Å². The van der Waals surface area contributed by atoms with Crippen LogP contribution in [0.1, 0.15) is 48.0 Å². The van der Waals surface area contributed by atoms with E-state index in [1.807, 2.05) is 26.0 Å². The van der Waals surface area contributed by atoms with Crippen LogP contribution < -0.4 is 5.32 Å². The first-order valence-corrected chi connectivity index (χ1v) is 7.39. The maximum absolute atomic E-state index is 13.7. The average Bonchev–Trinajstić information content (AvgIpc) is 2.47. The van der Waals surface area contributed by atoms with Gasteiger partial charge in [0.2, 0.25) is 0 Å². The molecule has 2 rings (SSSR count). The van der Waals surface area contributed by atoms with E-state index < -0.39 is 0 Å². The van der Waals surface area contributed by atoms with E-state index in [0.29, 0.717) is 0 Å². The summed E-state index contributed by atoms with van der Waals surface area (Å²) in [4.78, 5) is 0. The molecule has 2 aromatic rings. The summed E-state index contributed by atoms with van der Waals surface area (Å²) in [7, 11) is 0. The van der Waals surface area contributed by atoms with Crippen molar-refractivity contribution in [2.75, 3.05) is 6.54 Å². The van der Waals surface area contributed by atoms with Gasteiger partial charge < -0.3 is 5.32 Å². The molecular formula is C17H22FN3. The summed E-state index contributed by atoms with van der Waals surface area (Å²) in [6.45, 7) is 8.84. The van der Waals surface area contributed by atoms with Crippen LogP contribution in [0.2, 0.25) is 0 Å². The summed E-state index contributed by atoms with van der Waals surface area (Å²) in [5, 5.41) is 11.9. The molecule has 0 saturated heterocycles. The second-order valence-corrected chi connectivity index (χ2v) is 5.23. The first-order valence-electron chi connectivity index (χ1n) is 7.39. The van der Waals surface area contributed by atoms with Crippen molar-refractivity contribution in [3.05, 3.63) is 58.2 Å². The fraction of sp³-hybridized carbons (Fsp3) is 0.412. The molecule has 0 aliphatic heterocycles. The largest absolute Gasteiger partial charge is 0.306 e. The van der Waals surface area contributed by atoms with E-state index >= 15 is 0 Å². The summed E-state index contributed by atoms with van der Waals surface area (Å²) >= 11 is 0. The monoisotopic (exact) mass is 287 g/mol. The third-order valence-corrected chi connectivity index (χ3v) is 3.63. The van der Waals surface area contributed by atoms with Crippen molar-refractivity contribution < 1.29 is 4.39 Å². The van der Waals surface area contributed by atoms with Crippen LogP contribution in [0.4, 0.5) is 4.39 Å². The fourth-order valence-electron chi connectivity index (χ4n) is 2.57. The quantitative estimate of drug-likeness (QED) is 0.914. The minimum atomic E-state index is -0.213. The maximum Gasteiger partial charge on any atom is 0.123 e. The van der Waals surface area contributed by atoms with Crippen molar-refractivity contribution in [2.45, 2.75) is 40.2 Å². The standard InChI is InChI=1S/C17H22FN3/c1-5-16-15(9-12(4)20-21-16)17(19-6-2)14-10-13(18)8-7-11(14)3/h7-10,17,19H,5-6H2,1-4H3. The molecule has 1 N–H and O–H groups in total. The Morgan fingerprint density at radius 1 is 1.10 bits per heavy atom. The molecular weight excluding hydrogens is 265 g/mol. The average molecular weight is 287 g/mol. The van der Waals surface area contributed by atoms with Crippen LogP contribution >= 0.6 is 0 Å². The van der Waals surface area contributed by atoms with Gasteiger partial charge in [-0.3, -0.25) is 0 Å². The van der Waals surface area contributed by atoms with Gasteiger partial charge in [-0.1, -0.05) is 19.9 Å². The number of nitrogens with one attached hydrogen (secondary N) is 1. The van der Waals surface area contributed by atoms with Crippen LogP contribution in [0.3, 0.4) is 0 Å². The Hall–Kier alpha value is -1.81. The number of halogens is 1. The lowest BCUT2D eigenvalue weighted by atomic mass is 9.93. The van der Waals surface area contributed by atoms with Gasteiger partial charge in [0.15, 0.2) is 0 Å². The summed E-state index contributed by atoms with van der Waals surface area (Å²) in [6.07, 6.45) is 0.804. The Balaban J connectivity index is 2.58. The van der Waals surface area contributed by atoms with Crippen molar-refractivity contribution in [1.29, 1.82) is 0 Å². The molecule has 1 aromatic carbocycles. The predicted molar refractivity (Wildman–Crippen MR) is 82.8 cm³/mol. The lowest BCUT2D eigenvalue weighted by Crippen LogP contribution is -2.25. The highest BCUT2D eigenvalue weighted by Gasteiger charge is 2.20. The second-order valence-electron chi connectivity index (χ2n) is 5.23. The first kappa shape index (κ1) is 15.6. The Morgan fingerprint density at radius 2 is 1.86 bits per heavy atom. The molecule has 3 nitrogen and oxygen atoms in total. The zero-order chi connectivity index (χ0) is 15.4. The van der Waals surface area contributed by atoms with Crippen LogP contribution in [0.5, 0.6) is 0 Å². The highest BCUT2D eigenvalue weighted by Crippen LogP contribution is 2.28. The molecule has 1 atom stereocenters. The normalized spacial score (nSPS) is 12.4. The molecule has 0 fully saturated rings. The minimum Gasteiger partial charge on any atom is -0.306 e. The highest BCUT2D eigenvalue weighted by atomic mass is 19.1. The molecule has 112 valence electrons. The summed E-state index contributed by atoms with van der Waals surface area (Å²) in [5.41, 5.74) is 4.94. The minimum absolute atomic E-state index is 0.0603. The molecule has 0 spiro atoms. The topological polar surface area (TPSA) is 37.8 Å². The van der Waals surface area contributed by atoms with Crippen LogP contribution in [-0.2, 0) is 6.42 Å². The number of aryl methyl sites for hydroxylation is 3. The molecule has 0 amide bonds. The number of benzene rings is 1. The Bertz CT molecular complexity index is 625. The van der Waals surface area contributed by atoms with Crippen LogP contribution in [0.15, 0.2) is 24.3 Å². The second kappa shape index (κ2) is 6.76. The summed E-state index contributed by atoms with van der Waals surface area (Å²) in [6, 6.07) is 6.91. The van der Waals surface area contributed by atoms with Crippen molar-refractivity contribution >= 4 is 0 Å². The molecule has 0 aliphatic carbocycles. The summed E-state index contributed by atoms with van der Waals surface area (Å²) < 4.78 is 13.7. The molecule has 21 heavy (non-hydrogen) atoms. The van der Waals surface area contributed by atoms with Gasteiger partial charge in [0.1, 0.15) is 5.82 Å². The first-order chi connectivity index (χ1) is 10.1. The zero-order valence-corrected chi connectivity index (χ0v) is 13.1. The highest BCUT2D eigenvalue weighted by molar-refractivity contribution is 5.39. The van der Waals surface area contributed by atoms with E-state index in [9.17, 15) is 4.39 Å². The number of rotatable bonds is 5. The smallest absolute Gasteiger partial charge is 0.123 e. The zero-order valence-electron chi connectivity index (χ0n) is 13.1. The van der Waals surface area contributed by atoms with Gasteiger partial charge in [-0.15, -0.1) is 0 Å². The van der Waals surface area contributed by atoms with Gasteiger partial charge in [-0.25, -0.2) is 4.39 Å². The van der Waals surface area contributed by atoms with E-state index in [2.05, 4.69) is 29.4 Å². The molecule has 1 aromatic heterocycles. The molecule has 0 radical (unpaired) electrons. The lowest BCUT2D eigenvalue weighted by molar-refractivity contribution is 0.594. The van der Waals surface area contributed by atoms with E-state index in [1.54, 1.807) is 6.07 Å². The van der Waals surface area contributed by atoms with Crippen molar-refractivity contribution in [1.82, 2.24) is 15.5 Å². The van der Waals surface area contributed by atoms with Crippen LogP contribution in [0.25, 0.3) is 0 Å². The molecule has 0 saturated carbocycles. The van der Waals surface area contributed by atoms with E-state index in [-0.39, 0.29) is 11.9 Å². The Labute approximate surface area is 125 Å². The van der Waals surface area contributed by atoms with Gasteiger partial charge >= 0.3 is 0 Å². The van der Waals surface area contributed by atoms with Crippen LogP contribution in [-0.4, -0.2) is 16.7 Å². The molecule has 4 heteroatoms. The third-order valence-electron chi connectivity index (χ3n) is 3.63. The maximum atomic E-state index is 13.7. The number of aromatic nitrogens is 2. The number of hydrogen-bond donors (Lipinski definition) is 1. The molecule has 0 aliphatic rings. The van der Waals surface area contributed by atoms with Gasteiger partial charge in [0.25, 0.3) is 0 Å². The van der Waals surface area contributed by atoms with Crippen LogP contribution in [0, 0.1) is 19.7 Å². The lowest BCUT2D eigenvalue weighted by Gasteiger charge is -2.23. The fourth-order valence-corrected chi connectivity index (χ4v) is 2.57. The Morgan fingerprint density at radius 3 is 2.52 bits per heavy atom. The van der Waals surface area contributed by atoms with Gasteiger partial charge in [-0.05, 0) is 61.7 Å². The SMILES string of the molecule is CCNC(c1cc(F)ccc1C)c1cc(C)nnc1CC. The Kier molecular flexibility index (Phi) is 5.02. The van der Waals surface area contributed by atoms with Crippen molar-refractivity contribution in [2.24, 2.45) is 0 Å². The van der Waals surface area contributed by atoms with E-state index in [0.717, 1.165) is 41.0 Å². The van der Waals surface area contributed by atoms with E-state index in [1.165, 1.54) is 6.07 Å². The predicted octanol–water partition coefficient (Wildman–Crippen LogP) is 3.49. The van der Waals surface area contributed by atoms with Crippen molar-refractivity contribution in [3.8, 4) is 0 Å². The van der Waals surface area contributed by atoms with Gasteiger partial charge in [0, 0.05) is 0 Å². The number of nitrogens with zero attached hydrogens (tertiary/aromatic N) is 2. The van der Waals surface area contributed by atoms with Gasteiger partial charge in [0.05, 0.1) is 17.4 Å².